The summed E-state index contributed by atoms with van der Waals surface area (Å²) in [5.74, 6) is 0.381. The first-order chi connectivity index (χ1) is 8.06. The molecule has 17 heavy (non-hydrogen) atoms. The summed E-state index contributed by atoms with van der Waals surface area (Å²) in [5.41, 5.74) is 3.22. The summed E-state index contributed by atoms with van der Waals surface area (Å²) in [6, 6.07) is 6.62. The molecule has 1 aromatic heterocycles. The van der Waals surface area contributed by atoms with Gasteiger partial charge in [0.05, 0.1) is 0 Å². The van der Waals surface area contributed by atoms with Gasteiger partial charge in [-0.2, -0.15) is 0 Å². The van der Waals surface area contributed by atoms with Gasteiger partial charge in [0.1, 0.15) is 22.7 Å². The lowest BCUT2D eigenvalue weighted by atomic mass is 10.0. The van der Waals surface area contributed by atoms with Crippen LogP contribution in [0, 0.1) is 13.8 Å². The number of phenols is 2. The standard InChI is InChI=1S/C14H12O3/c1-7-3-9(15)5-11-13(7)14-8(2)4-10(16)6-12(14)17-11/h3-6,15-16H,1-2H3. The maximum Gasteiger partial charge on any atom is 0.139 e. The van der Waals surface area contributed by atoms with Gasteiger partial charge in [-0.25, -0.2) is 0 Å². The number of aromatic hydroxyl groups is 2. The Morgan fingerprint density at radius 1 is 0.765 bits per heavy atom. The van der Waals surface area contributed by atoms with E-state index in [-0.39, 0.29) is 11.5 Å². The fourth-order valence-corrected chi connectivity index (χ4v) is 2.39. The molecule has 0 aliphatic rings. The minimum Gasteiger partial charge on any atom is -0.508 e. The van der Waals surface area contributed by atoms with Crippen molar-refractivity contribution in [1.29, 1.82) is 0 Å². The molecular weight excluding hydrogens is 216 g/mol. The van der Waals surface area contributed by atoms with E-state index in [0.717, 1.165) is 21.9 Å². The van der Waals surface area contributed by atoms with Gasteiger partial charge in [-0.05, 0) is 37.1 Å². The predicted molar refractivity (Wildman–Crippen MR) is 66.5 cm³/mol. The summed E-state index contributed by atoms with van der Waals surface area (Å²) in [6.45, 7) is 3.87. The summed E-state index contributed by atoms with van der Waals surface area (Å²) >= 11 is 0. The van der Waals surface area contributed by atoms with Crippen LogP contribution in [0.2, 0.25) is 0 Å². The smallest absolute Gasteiger partial charge is 0.139 e. The van der Waals surface area contributed by atoms with Gasteiger partial charge in [-0.3, -0.25) is 0 Å². The molecule has 3 rings (SSSR count). The average Bonchev–Trinajstić information content (AvgIpc) is 2.55. The zero-order chi connectivity index (χ0) is 12.2. The molecule has 3 nitrogen and oxygen atoms in total. The van der Waals surface area contributed by atoms with Crippen LogP contribution in [-0.4, -0.2) is 10.2 Å². The quantitative estimate of drug-likeness (QED) is 0.618. The zero-order valence-corrected chi connectivity index (χ0v) is 9.61. The molecule has 0 bridgehead atoms. The fraction of sp³-hybridized carbons (Fsp3) is 0.143. The van der Waals surface area contributed by atoms with Crippen molar-refractivity contribution in [3.8, 4) is 11.5 Å². The summed E-state index contributed by atoms with van der Waals surface area (Å²) in [6.07, 6.45) is 0. The van der Waals surface area contributed by atoms with Gasteiger partial charge < -0.3 is 14.6 Å². The molecule has 86 valence electrons. The van der Waals surface area contributed by atoms with E-state index >= 15 is 0 Å². The molecule has 3 aromatic rings. The second kappa shape index (κ2) is 3.17. The van der Waals surface area contributed by atoms with E-state index in [1.165, 1.54) is 0 Å². The van der Waals surface area contributed by atoms with Crippen LogP contribution in [0.1, 0.15) is 11.1 Å². The summed E-state index contributed by atoms with van der Waals surface area (Å²) in [4.78, 5) is 0. The molecule has 3 heteroatoms. The highest BCUT2D eigenvalue weighted by atomic mass is 16.3. The monoisotopic (exact) mass is 228 g/mol. The van der Waals surface area contributed by atoms with Crippen LogP contribution in [0.3, 0.4) is 0 Å². The van der Waals surface area contributed by atoms with Crippen molar-refractivity contribution in [2.75, 3.05) is 0 Å². The van der Waals surface area contributed by atoms with Crippen molar-refractivity contribution >= 4 is 21.9 Å². The van der Waals surface area contributed by atoms with E-state index in [4.69, 9.17) is 4.42 Å². The third kappa shape index (κ3) is 1.35. The molecule has 0 amide bonds. The Bertz CT molecular complexity index is 676. The molecule has 0 saturated heterocycles. The van der Waals surface area contributed by atoms with E-state index in [1.807, 2.05) is 13.8 Å². The molecule has 2 N–H and O–H groups in total. The lowest BCUT2D eigenvalue weighted by Crippen LogP contribution is -1.78. The van der Waals surface area contributed by atoms with Gasteiger partial charge in [0.15, 0.2) is 0 Å². The molecule has 0 spiro atoms. The van der Waals surface area contributed by atoms with Gasteiger partial charge in [0.25, 0.3) is 0 Å². The third-order valence-corrected chi connectivity index (χ3v) is 3.04. The Morgan fingerprint density at radius 3 is 1.59 bits per heavy atom. The molecule has 0 aliphatic heterocycles. The number of aryl methyl sites for hydroxylation is 2. The number of hydrogen-bond acceptors (Lipinski definition) is 3. The second-order valence-electron chi connectivity index (χ2n) is 4.37. The first-order valence-corrected chi connectivity index (χ1v) is 5.41. The lowest BCUT2D eigenvalue weighted by molar-refractivity contribution is 0.474. The highest BCUT2D eigenvalue weighted by molar-refractivity contribution is 6.09. The van der Waals surface area contributed by atoms with E-state index in [9.17, 15) is 10.2 Å². The average molecular weight is 228 g/mol. The number of benzene rings is 2. The summed E-state index contributed by atoms with van der Waals surface area (Å²) < 4.78 is 5.66. The van der Waals surface area contributed by atoms with E-state index in [2.05, 4.69) is 0 Å². The Labute approximate surface area is 97.9 Å². The predicted octanol–water partition coefficient (Wildman–Crippen LogP) is 3.61. The van der Waals surface area contributed by atoms with Crippen LogP contribution < -0.4 is 0 Å². The van der Waals surface area contributed by atoms with Crippen LogP contribution in [0.5, 0.6) is 11.5 Å². The molecule has 0 aliphatic carbocycles. The maximum absolute atomic E-state index is 9.55. The minimum absolute atomic E-state index is 0.191. The highest BCUT2D eigenvalue weighted by Gasteiger charge is 2.13. The fourth-order valence-electron chi connectivity index (χ4n) is 2.39. The van der Waals surface area contributed by atoms with Gasteiger partial charge in [0.2, 0.25) is 0 Å². The summed E-state index contributed by atoms with van der Waals surface area (Å²) in [7, 11) is 0. The highest BCUT2D eigenvalue weighted by Crippen LogP contribution is 2.37. The van der Waals surface area contributed by atoms with Gasteiger partial charge in [-0.15, -0.1) is 0 Å². The van der Waals surface area contributed by atoms with Crippen molar-refractivity contribution in [3.63, 3.8) is 0 Å². The molecular formula is C14H12O3. The van der Waals surface area contributed by atoms with Crippen LogP contribution in [0.15, 0.2) is 28.7 Å². The van der Waals surface area contributed by atoms with E-state index in [1.54, 1.807) is 24.3 Å². The molecule has 0 fully saturated rings. The van der Waals surface area contributed by atoms with Crippen molar-refractivity contribution in [2.45, 2.75) is 13.8 Å². The van der Waals surface area contributed by atoms with Crippen LogP contribution in [-0.2, 0) is 0 Å². The van der Waals surface area contributed by atoms with Crippen LogP contribution in [0.25, 0.3) is 21.9 Å². The van der Waals surface area contributed by atoms with E-state index < -0.39 is 0 Å². The first kappa shape index (κ1) is 10.0. The molecule has 1 heterocycles. The van der Waals surface area contributed by atoms with Crippen molar-refractivity contribution in [2.24, 2.45) is 0 Å². The molecule has 0 saturated carbocycles. The van der Waals surface area contributed by atoms with Gasteiger partial charge in [0, 0.05) is 22.9 Å². The van der Waals surface area contributed by atoms with Crippen LogP contribution in [0.4, 0.5) is 0 Å². The number of fused-ring (bicyclic) bond motifs is 3. The zero-order valence-electron chi connectivity index (χ0n) is 9.61. The normalized spacial score (nSPS) is 11.4. The molecule has 0 unspecified atom stereocenters. The van der Waals surface area contributed by atoms with Gasteiger partial charge in [-0.1, -0.05) is 0 Å². The SMILES string of the molecule is Cc1cc(O)cc2oc3cc(O)cc(C)c3c12. The minimum atomic E-state index is 0.191. The molecule has 2 aromatic carbocycles. The third-order valence-electron chi connectivity index (χ3n) is 3.04. The number of hydrogen-bond donors (Lipinski definition) is 2. The topological polar surface area (TPSA) is 53.6 Å². The van der Waals surface area contributed by atoms with Gasteiger partial charge >= 0.3 is 0 Å². The van der Waals surface area contributed by atoms with Crippen molar-refractivity contribution < 1.29 is 14.6 Å². The van der Waals surface area contributed by atoms with Crippen molar-refractivity contribution in [1.82, 2.24) is 0 Å². The number of furan rings is 1. The number of rotatable bonds is 0. The Balaban J connectivity index is 2.60. The lowest BCUT2D eigenvalue weighted by Gasteiger charge is -2.00. The summed E-state index contributed by atoms with van der Waals surface area (Å²) in [5, 5.41) is 21.1. The number of phenolic OH excluding ortho intramolecular Hbond substituents is 2. The maximum atomic E-state index is 9.55. The van der Waals surface area contributed by atoms with Crippen molar-refractivity contribution in [3.05, 3.63) is 35.4 Å². The Hall–Kier alpha value is -2.16. The molecule has 0 atom stereocenters. The second-order valence-corrected chi connectivity index (χ2v) is 4.37. The van der Waals surface area contributed by atoms with Crippen LogP contribution >= 0.6 is 0 Å². The first-order valence-electron chi connectivity index (χ1n) is 5.41. The van der Waals surface area contributed by atoms with E-state index in [0.29, 0.717) is 11.2 Å². The Morgan fingerprint density at radius 2 is 1.18 bits per heavy atom. The largest absolute Gasteiger partial charge is 0.508 e. The molecule has 0 radical (unpaired) electrons. The Kier molecular flexibility index (Phi) is 1.87.